The first-order valence-corrected chi connectivity index (χ1v) is 9.72. The molecule has 6 nitrogen and oxygen atoms in total. The number of aliphatic hydroxyl groups excluding tert-OH is 1. The van der Waals surface area contributed by atoms with Gasteiger partial charge in [-0.3, -0.25) is 9.69 Å². The smallest absolute Gasteiger partial charge is 0.327 e. The maximum Gasteiger partial charge on any atom is 0.327 e. The van der Waals surface area contributed by atoms with Crippen molar-refractivity contribution in [1.29, 1.82) is 0 Å². The maximum atomic E-state index is 12.4. The van der Waals surface area contributed by atoms with Gasteiger partial charge in [-0.2, -0.15) is 0 Å². The second-order valence-electron chi connectivity index (χ2n) is 7.29. The molecule has 4 rings (SSSR count). The number of piperidine rings is 1. The Kier molecular flexibility index (Phi) is 5.30. The van der Waals surface area contributed by atoms with Gasteiger partial charge >= 0.3 is 6.03 Å². The van der Waals surface area contributed by atoms with E-state index in [1.165, 1.54) is 4.90 Å². The number of aliphatic hydroxyl groups is 1. The fourth-order valence-electron chi connectivity index (χ4n) is 3.84. The first kappa shape index (κ1) is 18.5. The van der Waals surface area contributed by atoms with Gasteiger partial charge in [-0.25, -0.2) is 4.79 Å². The van der Waals surface area contributed by atoms with Crippen LogP contribution in [0.3, 0.4) is 0 Å². The summed E-state index contributed by atoms with van der Waals surface area (Å²) in [5.74, 6) is 0.436. The Morgan fingerprint density at radius 3 is 2.43 bits per heavy atom. The Labute approximate surface area is 164 Å². The van der Waals surface area contributed by atoms with Crippen molar-refractivity contribution in [2.45, 2.75) is 31.4 Å². The van der Waals surface area contributed by atoms with Crippen molar-refractivity contribution in [2.75, 3.05) is 19.7 Å². The number of rotatable bonds is 6. The van der Waals surface area contributed by atoms with E-state index in [2.05, 4.69) is 0 Å². The van der Waals surface area contributed by atoms with E-state index >= 15 is 0 Å². The van der Waals surface area contributed by atoms with Crippen molar-refractivity contribution in [3.05, 3.63) is 54.6 Å². The predicted octanol–water partition coefficient (Wildman–Crippen LogP) is 2.91. The molecule has 0 aromatic heterocycles. The van der Waals surface area contributed by atoms with E-state index in [-0.39, 0.29) is 31.1 Å². The quantitative estimate of drug-likeness (QED) is 0.783. The molecule has 0 spiro atoms. The maximum absolute atomic E-state index is 12.4. The summed E-state index contributed by atoms with van der Waals surface area (Å²) in [6, 6.07) is 17.0. The number of hydrogen-bond donors (Lipinski definition) is 1. The van der Waals surface area contributed by atoms with Crippen molar-refractivity contribution >= 4 is 11.9 Å². The molecule has 3 amide bonds. The highest BCUT2D eigenvalue weighted by Gasteiger charge is 2.46. The number of carbonyl (C=O) groups is 2. The van der Waals surface area contributed by atoms with Crippen LogP contribution in [-0.2, 0) is 4.79 Å². The lowest BCUT2D eigenvalue weighted by molar-refractivity contribution is -0.129. The number of amides is 3. The van der Waals surface area contributed by atoms with Crippen LogP contribution in [0.15, 0.2) is 54.6 Å². The number of urea groups is 1. The second kappa shape index (κ2) is 8.02. The summed E-state index contributed by atoms with van der Waals surface area (Å²) in [4.78, 5) is 27.7. The molecule has 2 fully saturated rings. The molecule has 28 heavy (non-hydrogen) atoms. The van der Waals surface area contributed by atoms with Gasteiger partial charge in [0.1, 0.15) is 24.5 Å². The number of ether oxygens (including phenoxy) is 1. The topological polar surface area (TPSA) is 70.1 Å². The molecule has 2 aromatic rings. The average molecular weight is 380 g/mol. The SMILES string of the molecule is O=C1[C@H]2CCCCN2C(=O)N1C[C@H](O)COc1ccc(-c2ccccc2)cc1. The largest absolute Gasteiger partial charge is 0.491 e. The third-order valence-corrected chi connectivity index (χ3v) is 5.33. The lowest BCUT2D eigenvalue weighted by Crippen LogP contribution is -2.40. The Hall–Kier alpha value is -2.86. The number of fused-ring (bicyclic) bond motifs is 1. The molecule has 2 saturated heterocycles. The number of carbonyl (C=O) groups excluding carboxylic acids is 2. The number of imide groups is 1. The highest BCUT2D eigenvalue weighted by molar-refractivity contribution is 6.04. The molecule has 2 aliphatic rings. The Morgan fingerprint density at radius 2 is 1.71 bits per heavy atom. The Balaban J connectivity index is 1.31. The zero-order valence-electron chi connectivity index (χ0n) is 15.7. The summed E-state index contributed by atoms with van der Waals surface area (Å²) in [5.41, 5.74) is 2.20. The van der Waals surface area contributed by atoms with Gasteiger partial charge in [0.25, 0.3) is 5.91 Å². The first-order chi connectivity index (χ1) is 13.6. The third-order valence-electron chi connectivity index (χ3n) is 5.33. The standard InChI is InChI=1S/C22H24N2O4/c25-18(14-24-21(26)20-8-4-5-13-23(20)22(24)27)15-28-19-11-9-17(10-12-19)16-6-2-1-3-7-16/h1-3,6-7,9-12,18,20,25H,4-5,8,13-15H2/t18-,20+/m0/s1. The molecule has 0 saturated carbocycles. The van der Waals surface area contributed by atoms with Crippen LogP contribution in [0.25, 0.3) is 11.1 Å². The van der Waals surface area contributed by atoms with Crippen molar-refractivity contribution in [3.63, 3.8) is 0 Å². The molecular weight excluding hydrogens is 356 g/mol. The molecule has 6 heteroatoms. The van der Waals surface area contributed by atoms with E-state index in [4.69, 9.17) is 4.74 Å². The average Bonchev–Trinajstić information content (AvgIpc) is 2.98. The fraction of sp³-hybridized carbons (Fsp3) is 0.364. The van der Waals surface area contributed by atoms with Gasteiger partial charge in [-0.1, -0.05) is 42.5 Å². The van der Waals surface area contributed by atoms with E-state index in [0.717, 1.165) is 24.0 Å². The van der Waals surface area contributed by atoms with Crippen LogP contribution in [0.2, 0.25) is 0 Å². The van der Waals surface area contributed by atoms with Gasteiger partial charge in [0.05, 0.1) is 6.54 Å². The molecular formula is C22H24N2O4. The fourth-order valence-corrected chi connectivity index (χ4v) is 3.84. The summed E-state index contributed by atoms with van der Waals surface area (Å²) in [7, 11) is 0. The monoisotopic (exact) mass is 380 g/mol. The summed E-state index contributed by atoms with van der Waals surface area (Å²) in [6.07, 6.45) is 1.66. The third kappa shape index (κ3) is 3.73. The Morgan fingerprint density at radius 1 is 1.00 bits per heavy atom. The molecule has 0 unspecified atom stereocenters. The molecule has 2 aromatic carbocycles. The molecule has 0 aliphatic carbocycles. The van der Waals surface area contributed by atoms with E-state index in [1.54, 1.807) is 4.90 Å². The van der Waals surface area contributed by atoms with E-state index < -0.39 is 6.10 Å². The molecule has 0 radical (unpaired) electrons. The molecule has 2 atom stereocenters. The molecule has 2 aliphatic heterocycles. The number of benzene rings is 2. The van der Waals surface area contributed by atoms with Crippen LogP contribution in [-0.4, -0.2) is 58.7 Å². The van der Waals surface area contributed by atoms with Gasteiger partial charge in [0, 0.05) is 6.54 Å². The zero-order chi connectivity index (χ0) is 19.5. The van der Waals surface area contributed by atoms with Crippen LogP contribution < -0.4 is 4.74 Å². The van der Waals surface area contributed by atoms with Gasteiger partial charge in [-0.05, 0) is 42.5 Å². The van der Waals surface area contributed by atoms with Crippen molar-refractivity contribution in [2.24, 2.45) is 0 Å². The van der Waals surface area contributed by atoms with Crippen molar-refractivity contribution < 1.29 is 19.4 Å². The van der Waals surface area contributed by atoms with Gasteiger partial charge in [0.15, 0.2) is 0 Å². The van der Waals surface area contributed by atoms with Crippen LogP contribution in [0.5, 0.6) is 5.75 Å². The minimum atomic E-state index is -0.928. The highest BCUT2D eigenvalue weighted by atomic mass is 16.5. The van der Waals surface area contributed by atoms with Crippen LogP contribution in [0.1, 0.15) is 19.3 Å². The van der Waals surface area contributed by atoms with Crippen LogP contribution >= 0.6 is 0 Å². The normalized spacial score (nSPS) is 20.2. The number of hydrogen-bond acceptors (Lipinski definition) is 4. The minimum Gasteiger partial charge on any atom is -0.491 e. The van der Waals surface area contributed by atoms with E-state index in [0.29, 0.717) is 18.7 Å². The first-order valence-electron chi connectivity index (χ1n) is 9.72. The lowest BCUT2D eigenvalue weighted by atomic mass is 10.0. The minimum absolute atomic E-state index is 0.0202. The van der Waals surface area contributed by atoms with Crippen LogP contribution in [0.4, 0.5) is 4.79 Å². The summed E-state index contributed by atoms with van der Waals surface area (Å²) < 4.78 is 5.65. The number of β-amino-alcohol motifs (C(OH)–C–C–N with tert-alkyl or cyclic N) is 1. The number of nitrogens with zero attached hydrogens (tertiary/aromatic N) is 2. The summed E-state index contributed by atoms with van der Waals surface area (Å²) >= 11 is 0. The predicted molar refractivity (Wildman–Crippen MR) is 105 cm³/mol. The van der Waals surface area contributed by atoms with E-state index in [1.807, 2.05) is 54.6 Å². The molecule has 2 heterocycles. The van der Waals surface area contributed by atoms with Crippen molar-refractivity contribution in [3.8, 4) is 16.9 Å². The summed E-state index contributed by atoms with van der Waals surface area (Å²) in [6.45, 7) is 0.602. The molecule has 1 N–H and O–H groups in total. The van der Waals surface area contributed by atoms with Gasteiger partial charge in [-0.15, -0.1) is 0 Å². The Bertz CT molecular complexity index is 813. The highest BCUT2D eigenvalue weighted by Crippen LogP contribution is 2.27. The van der Waals surface area contributed by atoms with Gasteiger partial charge in [0.2, 0.25) is 0 Å². The zero-order valence-corrected chi connectivity index (χ0v) is 15.7. The van der Waals surface area contributed by atoms with E-state index in [9.17, 15) is 14.7 Å². The van der Waals surface area contributed by atoms with Gasteiger partial charge < -0.3 is 14.7 Å². The second-order valence-corrected chi connectivity index (χ2v) is 7.29. The molecule has 0 bridgehead atoms. The summed E-state index contributed by atoms with van der Waals surface area (Å²) in [5, 5.41) is 10.3. The lowest BCUT2D eigenvalue weighted by Gasteiger charge is -2.26. The van der Waals surface area contributed by atoms with Crippen molar-refractivity contribution in [1.82, 2.24) is 9.80 Å². The molecule has 146 valence electrons. The van der Waals surface area contributed by atoms with Crippen LogP contribution in [0, 0.1) is 0 Å².